The Morgan fingerprint density at radius 2 is 2.22 bits per heavy atom. The zero-order chi connectivity index (χ0) is 16.1. The summed E-state index contributed by atoms with van der Waals surface area (Å²) in [7, 11) is 0. The van der Waals surface area contributed by atoms with E-state index in [1.165, 1.54) is 12.1 Å². The summed E-state index contributed by atoms with van der Waals surface area (Å²) in [5, 5.41) is 0. The van der Waals surface area contributed by atoms with Crippen molar-refractivity contribution < 1.29 is 18.3 Å². The molecule has 2 rings (SSSR count). The first kappa shape index (κ1) is 19.6. The molecule has 2 N–H and O–H groups in total. The molecule has 0 bridgehead atoms. The van der Waals surface area contributed by atoms with E-state index in [0.717, 1.165) is 12.8 Å². The molecule has 7 heteroatoms. The van der Waals surface area contributed by atoms with Gasteiger partial charge in [0.05, 0.1) is 6.42 Å². The third-order valence-corrected chi connectivity index (χ3v) is 4.05. The number of hydrogen-bond acceptors (Lipinski definition) is 3. The molecule has 1 aromatic carbocycles. The van der Waals surface area contributed by atoms with Crippen molar-refractivity contribution in [2.75, 3.05) is 13.1 Å². The van der Waals surface area contributed by atoms with Crippen LogP contribution in [-0.2, 0) is 11.2 Å². The smallest absolute Gasteiger partial charge is 0.387 e. The minimum absolute atomic E-state index is 0. The Morgan fingerprint density at radius 1 is 1.48 bits per heavy atom. The Labute approximate surface area is 141 Å². The number of halogens is 3. The highest BCUT2D eigenvalue weighted by Crippen LogP contribution is 2.23. The van der Waals surface area contributed by atoms with Crippen molar-refractivity contribution in [3.63, 3.8) is 0 Å². The van der Waals surface area contributed by atoms with E-state index in [4.69, 9.17) is 5.73 Å². The van der Waals surface area contributed by atoms with Gasteiger partial charge in [-0.3, -0.25) is 4.79 Å². The van der Waals surface area contributed by atoms with Crippen molar-refractivity contribution in [2.45, 2.75) is 38.8 Å². The van der Waals surface area contributed by atoms with E-state index in [9.17, 15) is 13.6 Å². The number of carbonyl (C=O) groups is 1. The fourth-order valence-corrected chi connectivity index (χ4v) is 2.91. The molecule has 0 aromatic heterocycles. The van der Waals surface area contributed by atoms with Crippen LogP contribution in [0.2, 0.25) is 0 Å². The summed E-state index contributed by atoms with van der Waals surface area (Å²) in [6.07, 6.45) is 2.05. The number of nitrogens with two attached hydrogens (primary N) is 1. The first-order valence-corrected chi connectivity index (χ1v) is 7.53. The Kier molecular flexibility index (Phi) is 7.72. The minimum Gasteiger partial charge on any atom is -0.435 e. The van der Waals surface area contributed by atoms with Crippen molar-refractivity contribution >= 4 is 18.3 Å². The first-order chi connectivity index (χ1) is 10.5. The van der Waals surface area contributed by atoms with Gasteiger partial charge in [0.1, 0.15) is 5.75 Å². The number of piperidine rings is 1. The van der Waals surface area contributed by atoms with Crippen LogP contribution in [0.5, 0.6) is 5.75 Å². The van der Waals surface area contributed by atoms with Crippen LogP contribution < -0.4 is 10.5 Å². The molecule has 0 spiro atoms. The van der Waals surface area contributed by atoms with Gasteiger partial charge < -0.3 is 15.4 Å². The maximum atomic E-state index is 12.5. The normalized spacial score (nSPS) is 21.0. The fraction of sp³-hybridized carbons (Fsp3) is 0.562. The van der Waals surface area contributed by atoms with Gasteiger partial charge in [0.15, 0.2) is 0 Å². The summed E-state index contributed by atoms with van der Waals surface area (Å²) in [6.45, 7) is 0.450. The summed E-state index contributed by atoms with van der Waals surface area (Å²) >= 11 is 0. The van der Waals surface area contributed by atoms with Gasteiger partial charge in [0.2, 0.25) is 5.91 Å². The number of ether oxygens (including phenoxy) is 1. The first-order valence-electron chi connectivity index (χ1n) is 7.53. The van der Waals surface area contributed by atoms with E-state index in [-0.39, 0.29) is 36.5 Å². The maximum absolute atomic E-state index is 12.5. The van der Waals surface area contributed by atoms with Crippen molar-refractivity contribution in [1.29, 1.82) is 0 Å². The second-order valence-corrected chi connectivity index (χ2v) is 5.81. The summed E-state index contributed by atoms with van der Waals surface area (Å²) in [6, 6.07) is 6.34. The lowest BCUT2D eigenvalue weighted by atomic mass is 9.92. The highest BCUT2D eigenvalue weighted by atomic mass is 35.5. The van der Waals surface area contributed by atoms with Gasteiger partial charge in [-0.2, -0.15) is 8.78 Å². The van der Waals surface area contributed by atoms with Crippen LogP contribution in [-0.4, -0.2) is 36.5 Å². The highest BCUT2D eigenvalue weighted by Gasteiger charge is 2.28. The van der Waals surface area contributed by atoms with E-state index in [1.807, 2.05) is 4.90 Å². The van der Waals surface area contributed by atoms with Crippen molar-refractivity contribution in [3.05, 3.63) is 29.8 Å². The molecule has 1 saturated heterocycles. The molecule has 23 heavy (non-hydrogen) atoms. The molecule has 130 valence electrons. The molecule has 0 saturated carbocycles. The molecule has 1 heterocycles. The topological polar surface area (TPSA) is 55.6 Å². The van der Waals surface area contributed by atoms with Crippen LogP contribution >= 0.6 is 12.4 Å². The van der Waals surface area contributed by atoms with Crippen molar-refractivity contribution in [1.82, 2.24) is 4.90 Å². The van der Waals surface area contributed by atoms with Crippen LogP contribution in [0.15, 0.2) is 24.3 Å². The molecule has 4 nitrogen and oxygen atoms in total. The molecule has 0 radical (unpaired) electrons. The van der Waals surface area contributed by atoms with Gasteiger partial charge in [-0.25, -0.2) is 0 Å². The van der Waals surface area contributed by atoms with E-state index < -0.39 is 6.61 Å². The Morgan fingerprint density at radius 3 is 2.87 bits per heavy atom. The number of rotatable bonds is 5. The molecule has 1 fully saturated rings. The van der Waals surface area contributed by atoms with Crippen LogP contribution in [0, 0.1) is 5.92 Å². The summed E-state index contributed by atoms with van der Waals surface area (Å²) in [5.74, 6) is 0.625. The van der Waals surface area contributed by atoms with E-state index in [0.29, 0.717) is 24.6 Å². The van der Waals surface area contributed by atoms with Crippen LogP contribution in [0.1, 0.15) is 25.3 Å². The summed E-state index contributed by atoms with van der Waals surface area (Å²) < 4.78 is 28.8. The number of hydrogen-bond donors (Lipinski definition) is 1. The third kappa shape index (κ3) is 5.62. The van der Waals surface area contributed by atoms with Gasteiger partial charge >= 0.3 is 6.61 Å². The number of likely N-dealkylation sites (tertiary alicyclic amines) is 1. The van der Waals surface area contributed by atoms with E-state index >= 15 is 0 Å². The molecule has 2 atom stereocenters. The van der Waals surface area contributed by atoms with Crippen molar-refractivity contribution in [2.24, 2.45) is 11.7 Å². The van der Waals surface area contributed by atoms with Gasteiger partial charge in [-0.1, -0.05) is 19.1 Å². The number of nitrogens with zero attached hydrogens (tertiary/aromatic N) is 1. The standard InChI is InChI=1S/C16H22F2N2O2.ClH/c1-11-5-6-20(13(7-11)10-19)15(21)9-12-3-2-4-14(8-12)22-16(17)18;/h2-4,8,11,13,16H,5-7,9-10,19H2,1H3;1H. The SMILES string of the molecule is CC1CCN(C(=O)Cc2cccc(OC(F)F)c2)C(CN)C1.Cl. The Hall–Kier alpha value is -1.40. The number of amides is 1. The minimum atomic E-state index is -2.86. The predicted molar refractivity (Wildman–Crippen MR) is 87.0 cm³/mol. The molecular formula is C16H23ClF2N2O2. The zero-order valence-corrected chi connectivity index (χ0v) is 13.9. The predicted octanol–water partition coefficient (Wildman–Crippen LogP) is 2.84. The number of carbonyl (C=O) groups excluding carboxylic acids is 1. The second kappa shape index (κ2) is 9.03. The molecular weight excluding hydrogens is 326 g/mol. The Balaban J connectivity index is 0.00000264. The van der Waals surface area contributed by atoms with E-state index in [1.54, 1.807) is 12.1 Å². The Bertz CT molecular complexity index is 517. The van der Waals surface area contributed by atoms with Crippen LogP contribution in [0.3, 0.4) is 0 Å². The highest BCUT2D eigenvalue weighted by molar-refractivity contribution is 5.85. The van der Waals surface area contributed by atoms with Gasteiger partial charge in [0, 0.05) is 19.1 Å². The average molecular weight is 349 g/mol. The second-order valence-electron chi connectivity index (χ2n) is 5.81. The number of benzene rings is 1. The van der Waals surface area contributed by atoms with Gasteiger partial charge in [-0.05, 0) is 36.5 Å². The average Bonchev–Trinajstić information content (AvgIpc) is 2.46. The fourth-order valence-electron chi connectivity index (χ4n) is 2.91. The van der Waals surface area contributed by atoms with E-state index in [2.05, 4.69) is 11.7 Å². The lowest BCUT2D eigenvalue weighted by Gasteiger charge is -2.38. The quantitative estimate of drug-likeness (QED) is 0.890. The largest absolute Gasteiger partial charge is 0.435 e. The summed E-state index contributed by atoms with van der Waals surface area (Å²) in [4.78, 5) is 14.3. The molecule has 0 aliphatic carbocycles. The maximum Gasteiger partial charge on any atom is 0.387 e. The van der Waals surface area contributed by atoms with Gasteiger partial charge in [-0.15, -0.1) is 12.4 Å². The molecule has 1 aromatic rings. The molecule has 1 aliphatic heterocycles. The number of alkyl halides is 2. The zero-order valence-electron chi connectivity index (χ0n) is 13.1. The van der Waals surface area contributed by atoms with Crippen LogP contribution in [0.4, 0.5) is 8.78 Å². The lowest BCUT2D eigenvalue weighted by molar-refractivity contribution is -0.134. The summed E-state index contributed by atoms with van der Waals surface area (Å²) in [5.41, 5.74) is 6.43. The molecule has 2 unspecified atom stereocenters. The van der Waals surface area contributed by atoms with Gasteiger partial charge in [0.25, 0.3) is 0 Å². The van der Waals surface area contributed by atoms with Crippen LogP contribution in [0.25, 0.3) is 0 Å². The lowest BCUT2D eigenvalue weighted by Crippen LogP contribution is -2.49. The third-order valence-electron chi connectivity index (χ3n) is 4.05. The molecule has 1 amide bonds. The van der Waals surface area contributed by atoms with Crippen molar-refractivity contribution in [3.8, 4) is 5.75 Å². The molecule has 1 aliphatic rings. The monoisotopic (exact) mass is 348 g/mol.